The molecule has 0 saturated carbocycles. The van der Waals surface area contributed by atoms with Gasteiger partial charge >= 0.3 is 0 Å². The molecule has 1 radical (unpaired) electrons. The number of hydrogen-bond acceptors (Lipinski definition) is 1. The SMILES string of the molecule is CC=CC=CC=C[C]=O. The molecule has 0 aliphatic rings. The second-order valence-corrected chi connectivity index (χ2v) is 1.39. The highest BCUT2D eigenvalue weighted by Crippen LogP contribution is 1.77. The highest BCUT2D eigenvalue weighted by atomic mass is 16.1. The summed E-state index contributed by atoms with van der Waals surface area (Å²) in [4.78, 5) is 9.57. The van der Waals surface area contributed by atoms with Crippen LogP contribution in [-0.4, -0.2) is 6.29 Å². The number of rotatable bonds is 3. The average Bonchev–Trinajstić information content (AvgIpc) is 1.89. The predicted octanol–water partition coefficient (Wildman–Crippen LogP) is 1.78. The van der Waals surface area contributed by atoms with Crippen molar-refractivity contribution < 1.29 is 4.79 Å². The van der Waals surface area contributed by atoms with Crippen LogP contribution in [0.5, 0.6) is 0 Å². The summed E-state index contributed by atoms with van der Waals surface area (Å²) in [6.45, 7) is 1.93. The van der Waals surface area contributed by atoms with Crippen LogP contribution in [-0.2, 0) is 4.79 Å². The molecule has 0 spiro atoms. The molecule has 0 aromatic rings. The van der Waals surface area contributed by atoms with Crippen molar-refractivity contribution in [1.82, 2.24) is 0 Å². The molecular weight excluding hydrogens is 112 g/mol. The minimum Gasteiger partial charge on any atom is -0.286 e. The first-order valence-corrected chi connectivity index (χ1v) is 2.74. The Morgan fingerprint density at radius 2 is 1.78 bits per heavy atom. The Morgan fingerprint density at radius 3 is 2.33 bits per heavy atom. The van der Waals surface area contributed by atoms with Gasteiger partial charge in [-0.2, -0.15) is 0 Å². The Labute approximate surface area is 55.4 Å². The highest BCUT2D eigenvalue weighted by molar-refractivity contribution is 5.66. The molecule has 47 valence electrons. The molecule has 0 rings (SSSR count). The van der Waals surface area contributed by atoms with E-state index in [4.69, 9.17) is 0 Å². The van der Waals surface area contributed by atoms with Crippen LogP contribution >= 0.6 is 0 Å². The molecule has 0 saturated heterocycles. The largest absolute Gasteiger partial charge is 0.286 e. The standard InChI is InChI=1S/C8H9O/c1-2-3-4-5-6-7-8-9/h2-7H,1H3. The zero-order valence-electron chi connectivity index (χ0n) is 5.37. The highest BCUT2D eigenvalue weighted by Gasteiger charge is 1.60. The Hall–Kier alpha value is -1.11. The van der Waals surface area contributed by atoms with E-state index in [1.807, 2.05) is 25.2 Å². The van der Waals surface area contributed by atoms with Crippen LogP contribution in [0.2, 0.25) is 0 Å². The van der Waals surface area contributed by atoms with E-state index in [1.54, 1.807) is 18.4 Å². The summed E-state index contributed by atoms with van der Waals surface area (Å²) < 4.78 is 0. The van der Waals surface area contributed by atoms with E-state index >= 15 is 0 Å². The second-order valence-electron chi connectivity index (χ2n) is 1.39. The minimum absolute atomic E-state index is 1.32. The van der Waals surface area contributed by atoms with Gasteiger partial charge in [0.25, 0.3) is 0 Å². The van der Waals surface area contributed by atoms with Gasteiger partial charge in [-0.15, -0.1) is 0 Å². The van der Waals surface area contributed by atoms with Gasteiger partial charge in [-0.25, -0.2) is 0 Å². The van der Waals surface area contributed by atoms with E-state index in [-0.39, 0.29) is 0 Å². The summed E-state index contributed by atoms with van der Waals surface area (Å²) in [5, 5.41) is 0. The van der Waals surface area contributed by atoms with E-state index in [1.165, 1.54) is 6.08 Å². The van der Waals surface area contributed by atoms with Crippen LogP contribution in [0.4, 0.5) is 0 Å². The summed E-state index contributed by atoms with van der Waals surface area (Å²) in [5.74, 6) is 0. The van der Waals surface area contributed by atoms with Gasteiger partial charge in [0.15, 0.2) is 0 Å². The maximum absolute atomic E-state index is 9.57. The smallest absolute Gasteiger partial charge is 0.225 e. The molecule has 1 nitrogen and oxygen atoms in total. The average molecular weight is 121 g/mol. The van der Waals surface area contributed by atoms with E-state index in [2.05, 4.69) is 0 Å². The minimum atomic E-state index is 1.32. The first kappa shape index (κ1) is 7.89. The molecule has 0 fully saturated rings. The van der Waals surface area contributed by atoms with Gasteiger partial charge in [0.05, 0.1) is 0 Å². The van der Waals surface area contributed by atoms with Gasteiger partial charge in [-0.05, 0) is 13.0 Å². The third kappa shape index (κ3) is 6.89. The van der Waals surface area contributed by atoms with Crippen LogP contribution in [0.15, 0.2) is 36.5 Å². The number of hydrogen-bond donors (Lipinski definition) is 0. The second kappa shape index (κ2) is 6.89. The summed E-state index contributed by atoms with van der Waals surface area (Å²) in [5.41, 5.74) is 0. The number of carbonyl (C=O) groups excluding carboxylic acids is 1. The van der Waals surface area contributed by atoms with Gasteiger partial charge < -0.3 is 0 Å². The number of allylic oxidation sites excluding steroid dienone is 6. The molecule has 9 heavy (non-hydrogen) atoms. The summed E-state index contributed by atoms with van der Waals surface area (Å²) in [6, 6.07) is 0. The molecule has 0 aliphatic heterocycles. The van der Waals surface area contributed by atoms with E-state index in [9.17, 15) is 4.79 Å². The molecule has 0 unspecified atom stereocenters. The van der Waals surface area contributed by atoms with Gasteiger partial charge in [0.1, 0.15) is 0 Å². The molecule has 0 aromatic heterocycles. The lowest BCUT2D eigenvalue weighted by molar-refractivity contribution is 0.564. The van der Waals surface area contributed by atoms with Gasteiger partial charge in [0.2, 0.25) is 6.29 Å². The maximum Gasteiger partial charge on any atom is 0.225 e. The van der Waals surface area contributed by atoms with E-state index in [0.717, 1.165) is 0 Å². The lowest BCUT2D eigenvalue weighted by Gasteiger charge is -1.67. The van der Waals surface area contributed by atoms with Crippen molar-refractivity contribution in [1.29, 1.82) is 0 Å². The van der Waals surface area contributed by atoms with Crippen molar-refractivity contribution in [2.75, 3.05) is 0 Å². The Morgan fingerprint density at radius 1 is 1.11 bits per heavy atom. The van der Waals surface area contributed by atoms with Crippen molar-refractivity contribution in [3.8, 4) is 0 Å². The molecular formula is C8H9O. The molecule has 0 bridgehead atoms. The van der Waals surface area contributed by atoms with E-state index in [0.29, 0.717) is 0 Å². The first-order valence-electron chi connectivity index (χ1n) is 2.74. The third-order valence-electron chi connectivity index (χ3n) is 0.690. The Kier molecular flexibility index (Phi) is 6.04. The lowest BCUT2D eigenvalue weighted by atomic mass is 10.4. The van der Waals surface area contributed by atoms with Crippen LogP contribution in [0.3, 0.4) is 0 Å². The summed E-state index contributed by atoms with van der Waals surface area (Å²) in [7, 11) is 0. The zero-order valence-corrected chi connectivity index (χ0v) is 5.37. The monoisotopic (exact) mass is 121 g/mol. The van der Waals surface area contributed by atoms with Crippen molar-refractivity contribution >= 4 is 6.29 Å². The molecule has 0 N–H and O–H groups in total. The van der Waals surface area contributed by atoms with E-state index < -0.39 is 0 Å². The molecule has 0 amide bonds. The molecule has 0 aromatic carbocycles. The topological polar surface area (TPSA) is 17.1 Å². The Bertz CT molecular complexity index is 141. The van der Waals surface area contributed by atoms with Gasteiger partial charge in [-0.3, -0.25) is 4.79 Å². The molecule has 1 heteroatoms. The quantitative estimate of drug-likeness (QED) is 0.411. The fourth-order valence-electron chi connectivity index (χ4n) is 0.334. The lowest BCUT2D eigenvalue weighted by Crippen LogP contribution is -1.54. The molecule has 0 atom stereocenters. The first-order chi connectivity index (χ1) is 4.41. The fourth-order valence-corrected chi connectivity index (χ4v) is 0.334. The van der Waals surface area contributed by atoms with Crippen molar-refractivity contribution in [2.45, 2.75) is 6.92 Å². The van der Waals surface area contributed by atoms with Crippen molar-refractivity contribution in [3.63, 3.8) is 0 Å². The van der Waals surface area contributed by atoms with Crippen molar-refractivity contribution in [3.05, 3.63) is 36.5 Å². The van der Waals surface area contributed by atoms with Crippen LogP contribution in [0.1, 0.15) is 6.92 Å². The fraction of sp³-hybridized carbons (Fsp3) is 0.125. The Balaban J connectivity index is 3.46. The summed E-state index contributed by atoms with van der Waals surface area (Å²) in [6.07, 6.45) is 12.0. The third-order valence-corrected chi connectivity index (χ3v) is 0.690. The van der Waals surface area contributed by atoms with Crippen LogP contribution < -0.4 is 0 Å². The van der Waals surface area contributed by atoms with Crippen LogP contribution in [0, 0.1) is 0 Å². The van der Waals surface area contributed by atoms with Crippen LogP contribution in [0.25, 0.3) is 0 Å². The zero-order chi connectivity index (χ0) is 6.95. The van der Waals surface area contributed by atoms with Gasteiger partial charge in [0, 0.05) is 0 Å². The van der Waals surface area contributed by atoms with Crippen molar-refractivity contribution in [2.24, 2.45) is 0 Å². The van der Waals surface area contributed by atoms with Gasteiger partial charge in [-0.1, -0.05) is 30.4 Å². The maximum atomic E-state index is 9.57. The summed E-state index contributed by atoms with van der Waals surface area (Å²) >= 11 is 0. The predicted molar refractivity (Wildman–Crippen MR) is 38.8 cm³/mol. The normalized spacial score (nSPS) is 12.1. The molecule has 0 heterocycles. The molecule has 0 aliphatic carbocycles.